The molecule has 1 fully saturated rings. The lowest BCUT2D eigenvalue weighted by molar-refractivity contribution is -0.206. The molecular formula is C20H25NO3S. The van der Waals surface area contributed by atoms with Gasteiger partial charge in [0.25, 0.3) is 0 Å². The molecule has 134 valence electrons. The van der Waals surface area contributed by atoms with Gasteiger partial charge in [-0.1, -0.05) is 61.9 Å². The van der Waals surface area contributed by atoms with Crippen LogP contribution in [-0.2, 0) is 14.8 Å². The minimum absolute atomic E-state index is 0.253. The summed E-state index contributed by atoms with van der Waals surface area (Å²) in [6.07, 6.45) is -0.478. The van der Waals surface area contributed by atoms with Gasteiger partial charge in [-0.2, -0.15) is 4.31 Å². The van der Waals surface area contributed by atoms with Gasteiger partial charge in [0.1, 0.15) is 6.23 Å². The molecule has 1 saturated heterocycles. The SMILES string of the molecule is CCOC1N(S(=O)(=O)c2ccc(C)cc2)C(c2ccccc2)C1(C)C. The van der Waals surface area contributed by atoms with Gasteiger partial charge in [0.05, 0.1) is 10.9 Å². The lowest BCUT2D eigenvalue weighted by Crippen LogP contribution is -2.66. The lowest BCUT2D eigenvalue weighted by atomic mass is 9.71. The van der Waals surface area contributed by atoms with Crippen molar-refractivity contribution in [2.24, 2.45) is 5.41 Å². The van der Waals surface area contributed by atoms with Crippen molar-refractivity contribution in [2.75, 3.05) is 6.61 Å². The maximum absolute atomic E-state index is 13.3. The van der Waals surface area contributed by atoms with Gasteiger partial charge in [-0.05, 0) is 31.5 Å². The molecule has 2 atom stereocenters. The molecule has 2 unspecified atom stereocenters. The van der Waals surface area contributed by atoms with E-state index >= 15 is 0 Å². The first-order chi connectivity index (χ1) is 11.8. The van der Waals surface area contributed by atoms with Crippen LogP contribution in [0, 0.1) is 12.3 Å². The second-order valence-electron chi connectivity index (χ2n) is 7.09. The topological polar surface area (TPSA) is 46.6 Å². The third kappa shape index (κ3) is 3.01. The number of sulfonamides is 1. The van der Waals surface area contributed by atoms with E-state index in [0.29, 0.717) is 11.5 Å². The van der Waals surface area contributed by atoms with Crippen LogP contribution in [0.4, 0.5) is 0 Å². The smallest absolute Gasteiger partial charge is 0.245 e. The molecule has 2 aromatic carbocycles. The Labute approximate surface area is 150 Å². The Kier molecular flexibility index (Phi) is 4.75. The number of ether oxygens (including phenoxy) is 1. The molecule has 2 aromatic rings. The zero-order valence-electron chi connectivity index (χ0n) is 15.1. The monoisotopic (exact) mass is 359 g/mol. The molecule has 0 aromatic heterocycles. The Hall–Kier alpha value is -1.69. The highest BCUT2D eigenvalue weighted by molar-refractivity contribution is 7.89. The number of hydrogen-bond acceptors (Lipinski definition) is 3. The molecule has 0 spiro atoms. The third-order valence-corrected chi connectivity index (χ3v) is 6.69. The van der Waals surface area contributed by atoms with Gasteiger partial charge in [0.15, 0.2) is 0 Å². The van der Waals surface area contributed by atoms with Crippen LogP contribution >= 0.6 is 0 Å². The van der Waals surface area contributed by atoms with E-state index in [1.54, 1.807) is 12.1 Å². The van der Waals surface area contributed by atoms with Gasteiger partial charge < -0.3 is 4.74 Å². The van der Waals surface area contributed by atoms with E-state index in [1.165, 1.54) is 4.31 Å². The molecule has 4 nitrogen and oxygen atoms in total. The van der Waals surface area contributed by atoms with Crippen LogP contribution in [0.15, 0.2) is 59.5 Å². The Morgan fingerprint density at radius 1 is 1.04 bits per heavy atom. The zero-order valence-corrected chi connectivity index (χ0v) is 16.0. The molecule has 0 radical (unpaired) electrons. The maximum Gasteiger partial charge on any atom is 0.245 e. The van der Waals surface area contributed by atoms with Crippen LogP contribution in [-0.4, -0.2) is 25.6 Å². The molecule has 1 aliphatic rings. The standard InChI is InChI=1S/C20H25NO3S/c1-5-24-19-20(3,4)18(16-9-7-6-8-10-16)21(19)25(22,23)17-13-11-15(2)12-14-17/h6-14,18-19H,5H2,1-4H3. The first-order valence-corrected chi connectivity index (χ1v) is 10.0. The summed E-state index contributed by atoms with van der Waals surface area (Å²) in [5, 5.41) is 0. The molecule has 1 aliphatic heterocycles. The lowest BCUT2D eigenvalue weighted by Gasteiger charge is -2.59. The molecule has 5 heteroatoms. The first kappa shape index (κ1) is 18.1. The fourth-order valence-electron chi connectivity index (χ4n) is 3.60. The molecule has 0 aliphatic carbocycles. The fraction of sp³-hybridized carbons (Fsp3) is 0.400. The third-order valence-electron chi connectivity index (χ3n) is 4.86. The predicted octanol–water partition coefficient (Wildman–Crippen LogP) is 4.13. The van der Waals surface area contributed by atoms with Crippen LogP contribution in [0.3, 0.4) is 0 Å². The predicted molar refractivity (Wildman–Crippen MR) is 98.6 cm³/mol. The van der Waals surface area contributed by atoms with Crippen molar-refractivity contribution in [3.8, 4) is 0 Å². The molecule has 25 heavy (non-hydrogen) atoms. The van der Waals surface area contributed by atoms with Crippen LogP contribution in [0.25, 0.3) is 0 Å². The normalized spacial score (nSPS) is 23.2. The summed E-state index contributed by atoms with van der Waals surface area (Å²) in [4.78, 5) is 0.305. The van der Waals surface area contributed by atoms with E-state index in [2.05, 4.69) is 13.8 Å². The summed E-state index contributed by atoms with van der Waals surface area (Å²) >= 11 is 0. The minimum Gasteiger partial charge on any atom is -0.362 e. The number of nitrogens with zero attached hydrogens (tertiary/aromatic N) is 1. The highest BCUT2D eigenvalue weighted by Gasteiger charge is 2.61. The Morgan fingerprint density at radius 2 is 1.64 bits per heavy atom. The highest BCUT2D eigenvalue weighted by atomic mass is 32.2. The van der Waals surface area contributed by atoms with Gasteiger partial charge in [-0.15, -0.1) is 0 Å². The van der Waals surface area contributed by atoms with E-state index < -0.39 is 16.3 Å². The van der Waals surface area contributed by atoms with Crippen molar-refractivity contribution in [1.82, 2.24) is 4.31 Å². The van der Waals surface area contributed by atoms with Gasteiger partial charge in [0, 0.05) is 12.0 Å². The van der Waals surface area contributed by atoms with Crippen molar-refractivity contribution in [3.63, 3.8) is 0 Å². The molecule has 3 rings (SSSR count). The van der Waals surface area contributed by atoms with Crippen LogP contribution in [0.1, 0.15) is 37.9 Å². The zero-order chi connectivity index (χ0) is 18.2. The van der Waals surface area contributed by atoms with Crippen molar-refractivity contribution in [3.05, 3.63) is 65.7 Å². The molecule has 1 heterocycles. The van der Waals surface area contributed by atoms with Crippen LogP contribution < -0.4 is 0 Å². The number of rotatable bonds is 5. The number of hydrogen-bond donors (Lipinski definition) is 0. The number of aryl methyl sites for hydroxylation is 1. The minimum atomic E-state index is -3.65. The van der Waals surface area contributed by atoms with E-state index in [1.807, 2.05) is 56.3 Å². The average Bonchev–Trinajstić information content (AvgIpc) is 2.58. The first-order valence-electron chi connectivity index (χ1n) is 8.57. The largest absolute Gasteiger partial charge is 0.362 e. The molecule has 0 amide bonds. The van der Waals surface area contributed by atoms with E-state index in [9.17, 15) is 8.42 Å². The molecule has 0 bridgehead atoms. The summed E-state index contributed by atoms with van der Waals surface area (Å²) in [5.41, 5.74) is 1.71. The van der Waals surface area contributed by atoms with Gasteiger partial charge in [-0.25, -0.2) is 8.42 Å². The van der Waals surface area contributed by atoms with E-state index in [-0.39, 0.29) is 11.5 Å². The fourth-order valence-corrected chi connectivity index (χ4v) is 5.58. The second kappa shape index (κ2) is 6.56. The Bertz CT molecular complexity index is 829. The van der Waals surface area contributed by atoms with Crippen molar-refractivity contribution < 1.29 is 13.2 Å². The van der Waals surface area contributed by atoms with E-state index in [4.69, 9.17) is 4.74 Å². The average molecular weight is 359 g/mol. The van der Waals surface area contributed by atoms with Gasteiger partial charge in [-0.3, -0.25) is 0 Å². The van der Waals surface area contributed by atoms with Crippen molar-refractivity contribution in [1.29, 1.82) is 0 Å². The maximum atomic E-state index is 13.3. The summed E-state index contributed by atoms with van der Waals surface area (Å²) < 4.78 is 34.0. The van der Waals surface area contributed by atoms with E-state index in [0.717, 1.165) is 11.1 Å². The Morgan fingerprint density at radius 3 is 2.20 bits per heavy atom. The molecule has 0 N–H and O–H groups in total. The van der Waals surface area contributed by atoms with Crippen LogP contribution in [0.2, 0.25) is 0 Å². The Balaban J connectivity index is 2.07. The van der Waals surface area contributed by atoms with Gasteiger partial charge >= 0.3 is 0 Å². The van der Waals surface area contributed by atoms with Crippen molar-refractivity contribution in [2.45, 2.75) is 44.9 Å². The summed E-state index contributed by atoms with van der Waals surface area (Å²) in [5.74, 6) is 0. The van der Waals surface area contributed by atoms with Crippen LogP contribution in [0.5, 0.6) is 0 Å². The second-order valence-corrected chi connectivity index (χ2v) is 8.93. The van der Waals surface area contributed by atoms with Crippen molar-refractivity contribution >= 4 is 10.0 Å². The quantitative estimate of drug-likeness (QED) is 0.806. The molecular weight excluding hydrogens is 334 g/mol. The number of benzene rings is 2. The summed E-state index contributed by atoms with van der Waals surface area (Å²) in [7, 11) is -3.65. The highest BCUT2D eigenvalue weighted by Crippen LogP contribution is 2.56. The molecule has 0 saturated carbocycles. The van der Waals surface area contributed by atoms with Gasteiger partial charge in [0.2, 0.25) is 10.0 Å². The summed E-state index contributed by atoms with van der Waals surface area (Å²) in [6, 6.07) is 16.5. The summed E-state index contributed by atoms with van der Waals surface area (Å²) in [6.45, 7) is 8.43.